The van der Waals surface area contributed by atoms with Crippen LogP contribution in [0.1, 0.15) is 17.4 Å². The molecule has 2 atom stereocenters. The Kier molecular flexibility index (Phi) is 7.31. The maximum absolute atomic E-state index is 13.2. The van der Waals surface area contributed by atoms with Gasteiger partial charge in [0.1, 0.15) is 16.9 Å². The van der Waals surface area contributed by atoms with Crippen LogP contribution in [0.15, 0.2) is 60.0 Å². The van der Waals surface area contributed by atoms with Crippen LogP contribution in [0.3, 0.4) is 0 Å². The lowest BCUT2D eigenvalue weighted by atomic mass is 9.99. The number of nitrogens with zero attached hydrogens (tertiary/aromatic N) is 1. The molecule has 11 heteroatoms. The van der Waals surface area contributed by atoms with Gasteiger partial charge >= 0.3 is 18.6 Å². The van der Waals surface area contributed by atoms with Crippen LogP contribution in [0.5, 0.6) is 5.75 Å². The van der Waals surface area contributed by atoms with Crippen LogP contribution in [0, 0.1) is 0 Å². The number of carbonyl (C=O) groups is 1. The van der Waals surface area contributed by atoms with E-state index in [1.165, 1.54) is 23.5 Å². The monoisotopic (exact) mass is 470 g/mol. The zero-order valence-electron chi connectivity index (χ0n) is 16.3. The van der Waals surface area contributed by atoms with Gasteiger partial charge in [0.2, 0.25) is 0 Å². The van der Waals surface area contributed by atoms with E-state index < -0.39 is 36.5 Å². The van der Waals surface area contributed by atoms with Crippen molar-refractivity contribution in [1.82, 2.24) is 10.3 Å². The number of thiazole rings is 1. The Bertz CT molecular complexity index is 1050. The second-order valence-corrected chi connectivity index (χ2v) is 7.62. The van der Waals surface area contributed by atoms with Crippen molar-refractivity contribution in [2.45, 2.75) is 31.1 Å². The van der Waals surface area contributed by atoms with Crippen molar-refractivity contribution in [2.24, 2.45) is 0 Å². The van der Waals surface area contributed by atoms with E-state index in [1.807, 2.05) is 30.3 Å². The van der Waals surface area contributed by atoms with Crippen molar-refractivity contribution in [2.75, 3.05) is 0 Å². The number of carboxylic acid groups (broad SMARTS) is 1. The highest BCUT2D eigenvalue weighted by molar-refractivity contribution is 7.13. The van der Waals surface area contributed by atoms with E-state index in [0.29, 0.717) is 5.01 Å². The molecule has 0 aliphatic rings. The number of ether oxygens (including phenoxy) is 1. The van der Waals surface area contributed by atoms with Crippen molar-refractivity contribution in [1.29, 1.82) is 0 Å². The highest BCUT2D eigenvalue weighted by Crippen LogP contribution is 2.30. The van der Waals surface area contributed by atoms with Gasteiger partial charge in [-0.25, -0.2) is 9.78 Å². The predicted octanol–water partition coefficient (Wildman–Crippen LogP) is 4.96. The third-order valence-electron chi connectivity index (χ3n) is 4.40. The first-order chi connectivity index (χ1) is 15.2. The van der Waals surface area contributed by atoms with Crippen LogP contribution in [0.2, 0.25) is 0 Å². The van der Waals surface area contributed by atoms with Crippen LogP contribution < -0.4 is 10.1 Å². The number of hydrogen-bond acceptors (Lipinski definition) is 5. The molecule has 1 amide bonds. The summed E-state index contributed by atoms with van der Waals surface area (Å²) in [5.74, 6) is -0.517. The first-order valence-corrected chi connectivity index (χ1v) is 10.2. The van der Waals surface area contributed by atoms with E-state index in [1.54, 1.807) is 5.38 Å². The third kappa shape index (κ3) is 5.95. The fraction of sp³-hybridized carbons (Fsp3) is 0.238. The minimum absolute atomic E-state index is 0.136. The minimum Gasteiger partial charge on any atom is -0.465 e. The Morgan fingerprint density at radius 3 is 2.53 bits per heavy atom. The molecule has 6 nitrogen and oxygen atoms in total. The van der Waals surface area contributed by atoms with Gasteiger partial charge in [-0.2, -0.15) is 17.6 Å². The van der Waals surface area contributed by atoms with Gasteiger partial charge in [-0.15, -0.1) is 11.3 Å². The molecule has 0 saturated carbocycles. The molecular formula is C21H18F4N2O4S. The summed E-state index contributed by atoms with van der Waals surface area (Å²) in [6.07, 6.45) is -11.6. The van der Waals surface area contributed by atoms with Crippen LogP contribution in [-0.2, 0) is 6.42 Å². The molecule has 3 N–H and O–H groups in total. The lowest BCUT2D eigenvalue weighted by Gasteiger charge is -2.22. The zero-order valence-corrected chi connectivity index (χ0v) is 17.1. The average Bonchev–Trinajstić information content (AvgIpc) is 3.23. The second-order valence-electron chi connectivity index (χ2n) is 6.76. The van der Waals surface area contributed by atoms with Crippen molar-refractivity contribution < 1.29 is 37.3 Å². The lowest BCUT2D eigenvalue weighted by molar-refractivity contribution is -0.253. The maximum Gasteiger partial charge on any atom is 0.461 e. The summed E-state index contributed by atoms with van der Waals surface area (Å²) in [6, 6.07) is 13.0. The molecule has 0 radical (unpaired) electrons. The molecule has 0 aliphatic carbocycles. The molecule has 3 rings (SSSR count). The zero-order chi connectivity index (χ0) is 23.3. The summed E-state index contributed by atoms with van der Waals surface area (Å²) in [4.78, 5) is 15.6. The summed E-state index contributed by atoms with van der Waals surface area (Å²) in [7, 11) is 0. The van der Waals surface area contributed by atoms with E-state index in [0.717, 1.165) is 17.7 Å². The van der Waals surface area contributed by atoms with E-state index in [2.05, 4.69) is 15.0 Å². The number of aliphatic hydroxyl groups is 1. The summed E-state index contributed by atoms with van der Waals surface area (Å²) in [6.45, 7) is 0. The number of aromatic nitrogens is 1. The number of hydrogen-bond donors (Lipinski definition) is 3. The molecule has 1 aromatic heterocycles. The molecule has 0 aliphatic heterocycles. The first kappa shape index (κ1) is 23.5. The van der Waals surface area contributed by atoms with E-state index in [-0.39, 0.29) is 17.7 Å². The van der Waals surface area contributed by atoms with E-state index in [4.69, 9.17) is 5.11 Å². The molecular weight excluding hydrogens is 452 g/mol. The molecule has 0 fully saturated rings. The van der Waals surface area contributed by atoms with Crippen LogP contribution in [0.4, 0.5) is 22.4 Å². The van der Waals surface area contributed by atoms with Gasteiger partial charge < -0.3 is 20.3 Å². The van der Waals surface area contributed by atoms with Gasteiger partial charge in [-0.05, 0) is 24.1 Å². The van der Waals surface area contributed by atoms with Gasteiger partial charge in [0.05, 0.1) is 11.7 Å². The highest BCUT2D eigenvalue weighted by Gasteiger charge is 2.44. The van der Waals surface area contributed by atoms with Crippen molar-refractivity contribution in [3.63, 3.8) is 0 Å². The number of amides is 1. The summed E-state index contributed by atoms with van der Waals surface area (Å²) >= 11 is 1.26. The minimum atomic E-state index is -4.68. The topological polar surface area (TPSA) is 91.7 Å². The predicted molar refractivity (Wildman–Crippen MR) is 109 cm³/mol. The normalized spacial score (nSPS) is 13.6. The molecule has 0 saturated heterocycles. The number of aliphatic hydroxyl groups excluding tert-OH is 1. The average molecular weight is 470 g/mol. The molecule has 2 unspecified atom stereocenters. The van der Waals surface area contributed by atoms with Gasteiger partial charge in [0, 0.05) is 10.9 Å². The van der Waals surface area contributed by atoms with Gasteiger partial charge in [0.15, 0.2) is 0 Å². The first-order valence-electron chi connectivity index (χ1n) is 9.28. The largest absolute Gasteiger partial charge is 0.465 e. The number of benzene rings is 2. The van der Waals surface area contributed by atoms with E-state index in [9.17, 15) is 27.5 Å². The fourth-order valence-electron chi connectivity index (χ4n) is 2.93. The summed E-state index contributed by atoms with van der Waals surface area (Å²) in [5, 5.41) is 24.3. The second kappa shape index (κ2) is 9.96. The van der Waals surface area contributed by atoms with Crippen LogP contribution in [0.25, 0.3) is 10.6 Å². The van der Waals surface area contributed by atoms with Gasteiger partial charge in [-0.1, -0.05) is 42.5 Å². The Balaban J connectivity index is 1.79. The Hall–Kier alpha value is -3.18. The SMILES string of the molecule is O=C(O)NC(Cc1cccc(OC(F)(F)C(F)F)c1)C(O)c1csc(-c2ccccc2)n1. The molecule has 1 heterocycles. The standard InChI is InChI=1S/C21H18F4N2O4S/c22-19(23)21(24,25)31-14-8-4-5-12(9-14)10-15(27-20(29)30)17(28)16-11-32-18(26-16)13-6-2-1-3-7-13/h1-9,11,15,17,19,27-28H,10H2,(H,29,30). The maximum atomic E-state index is 13.2. The Labute approximate surface area is 184 Å². The number of alkyl halides is 4. The fourth-order valence-corrected chi connectivity index (χ4v) is 3.79. The summed E-state index contributed by atoms with van der Waals surface area (Å²) < 4.78 is 55.2. The number of halogens is 4. The number of nitrogens with one attached hydrogen (secondary N) is 1. The molecule has 3 aromatic rings. The van der Waals surface area contributed by atoms with Gasteiger partial charge in [0.25, 0.3) is 0 Å². The van der Waals surface area contributed by atoms with Crippen molar-refractivity contribution in [3.05, 3.63) is 71.2 Å². The lowest BCUT2D eigenvalue weighted by Crippen LogP contribution is -2.40. The van der Waals surface area contributed by atoms with Crippen molar-refractivity contribution in [3.8, 4) is 16.3 Å². The Morgan fingerprint density at radius 2 is 1.88 bits per heavy atom. The molecule has 170 valence electrons. The van der Waals surface area contributed by atoms with E-state index >= 15 is 0 Å². The number of rotatable bonds is 9. The summed E-state index contributed by atoms with van der Waals surface area (Å²) in [5.41, 5.74) is 1.33. The van der Waals surface area contributed by atoms with Crippen LogP contribution >= 0.6 is 11.3 Å². The Morgan fingerprint density at radius 1 is 1.16 bits per heavy atom. The quantitative estimate of drug-likeness (QED) is 0.385. The smallest absolute Gasteiger partial charge is 0.461 e. The molecule has 0 bridgehead atoms. The molecule has 0 spiro atoms. The van der Waals surface area contributed by atoms with Crippen molar-refractivity contribution >= 4 is 17.4 Å². The highest BCUT2D eigenvalue weighted by atomic mass is 32.1. The van der Waals surface area contributed by atoms with Crippen LogP contribution in [-0.4, -0.2) is 39.9 Å². The third-order valence-corrected chi connectivity index (χ3v) is 5.31. The molecule has 32 heavy (non-hydrogen) atoms. The molecule has 2 aromatic carbocycles. The van der Waals surface area contributed by atoms with Gasteiger partial charge in [-0.3, -0.25) is 0 Å².